The third kappa shape index (κ3) is 2.90. The van der Waals surface area contributed by atoms with Crippen molar-refractivity contribution < 1.29 is 18.0 Å². The average molecular weight is 365 g/mol. The molecule has 8 heteroatoms. The van der Waals surface area contributed by atoms with Crippen molar-refractivity contribution in [1.82, 2.24) is 14.3 Å². The molecular weight excluding hydrogens is 351 g/mol. The summed E-state index contributed by atoms with van der Waals surface area (Å²) in [5.41, 5.74) is 0.598. The molecule has 0 N–H and O–H groups in total. The van der Waals surface area contributed by atoms with Gasteiger partial charge in [-0.15, -0.1) is 11.3 Å². The summed E-state index contributed by atoms with van der Waals surface area (Å²) in [4.78, 5) is 19.4. The number of nitrogens with zero attached hydrogens (tertiary/aromatic N) is 3. The average Bonchev–Trinajstić information content (AvgIpc) is 3.30. The Kier molecular flexibility index (Phi) is 3.79. The zero-order chi connectivity index (χ0) is 17.6. The minimum atomic E-state index is -4.40. The zero-order valence-corrected chi connectivity index (χ0v) is 13.9. The Hall–Kier alpha value is -2.35. The number of rotatable bonds is 2. The zero-order valence-electron chi connectivity index (χ0n) is 13.1. The van der Waals surface area contributed by atoms with E-state index in [1.807, 2.05) is 0 Å². The Labute approximate surface area is 145 Å². The fraction of sp³-hybridized carbons (Fsp3) is 0.294. The summed E-state index contributed by atoms with van der Waals surface area (Å²) in [7, 11) is 0. The molecule has 1 amide bonds. The van der Waals surface area contributed by atoms with Crippen LogP contribution in [-0.2, 0) is 6.18 Å². The first kappa shape index (κ1) is 16.1. The van der Waals surface area contributed by atoms with Crippen LogP contribution in [-0.4, -0.2) is 33.3 Å². The number of imidazole rings is 1. The molecule has 1 fully saturated rings. The number of hydrogen-bond donors (Lipinski definition) is 0. The number of likely N-dealkylation sites (tertiary alicyclic amines) is 1. The Morgan fingerprint density at radius 1 is 1.20 bits per heavy atom. The number of halogens is 3. The van der Waals surface area contributed by atoms with Gasteiger partial charge in [0.1, 0.15) is 5.69 Å². The van der Waals surface area contributed by atoms with Crippen LogP contribution in [0, 0.1) is 0 Å². The smallest absolute Gasteiger partial charge is 0.337 e. The highest BCUT2D eigenvalue weighted by molar-refractivity contribution is 7.15. The van der Waals surface area contributed by atoms with E-state index in [4.69, 9.17) is 0 Å². The maximum Gasteiger partial charge on any atom is 0.416 e. The second-order valence-corrected chi connectivity index (χ2v) is 6.81. The number of fused-ring (bicyclic) bond motifs is 1. The largest absolute Gasteiger partial charge is 0.416 e. The molecule has 4 nitrogen and oxygen atoms in total. The van der Waals surface area contributed by atoms with Crippen LogP contribution < -0.4 is 0 Å². The van der Waals surface area contributed by atoms with Gasteiger partial charge < -0.3 is 4.90 Å². The van der Waals surface area contributed by atoms with E-state index in [1.165, 1.54) is 17.4 Å². The molecule has 0 spiro atoms. The molecular formula is C17H14F3N3OS. The lowest BCUT2D eigenvalue weighted by Gasteiger charge is -2.14. The van der Waals surface area contributed by atoms with Gasteiger partial charge in [-0.25, -0.2) is 4.98 Å². The van der Waals surface area contributed by atoms with E-state index in [9.17, 15) is 18.0 Å². The molecule has 25 heavy (non-hydrogen) atoms. The standard InChI is InChI=1S/C17H14F3N3OS/c18-17(19,20)12-5-3-4-11(8-12)13-9-23-14(10-25-16(23)21-13)15(24)22-6-1-2-7-22/h3-5,8-10H,1-2,6-7H2. The molecule has 3 heterocycles. The van der Waals surface area contributed by atoms with Crippen molar-refractivity contribution >= 4 is 22.2 Å². The number of alkyl halides is 3. The maximum atomic E-state index is 12.9. The van der Waals surface area contributed by atoms with Crippen LogP contribution in [0.4, 0.5) is 13.2 Å². The molecule has 1 aliphatic rings. The van der Waals surface area contributed by atoms with Crippen LogP contribution in [0.3, 0.4) is 0 Å². The topological polar surface area (TPSA) is 37.6 Å². The molecule has 1 saturated heterocycles. The highest BCUT2D eigenvalue weighted by Crippen LogP contribution is 2.32. The summed E-state index contributed by atoms with van der Waals surface area (Å²) >= 11 is 1.31. The Bertz CT molecular complexity index is 938. The van der Waals surface area contributed by atoms with Crippen LogP contribution in [0.15, 0.2) is 35.8 Å². The van der Waals surface area contributed by atoms with Gasteiger partial charge in [-0.1, -0.05) is 12.1 Å². The number of carbonyl (C=O) groups is 1. The minimum absolute atomic E-state index is 0.0586. The van der Waals surface area contributed by atoms with Gasteiger partial charge in [0.25, 0.3) is 5.91 Å². The van der Waals surface area contributed by atoms with Gasteiger partial charge in [-0.3, -0.25) is 9.20 Å². The SMILES string of the molecule is O=C(c1csc2nc(-c3cccc(C(F)(F)F)c3)cn12)N1CCCC1. The fourth-order valence-corrected chi connectivity index (χ4v) is 3.86. The maximum absolute atomic E-state index is 12.9. The van der Waals surface area contributed by atoms with Crippen molar-refractivity contribution in [2.75, 3.05) is 13.1 Å². The van der Waals surface area contributed by atoms with Crippen molar-refractivity contribution in [2.24, 2.45) is 0 Å². The summed E-state index contributed by atoms with van der Waals surface area (Å²) in [6, 6.07) is 5.06. The van der Waals surface area contributed by atoms with Crippen LogP contribution in [0.5, 0.6) is 0 Å². The highest BCUT2D eigenvalue weighted by Gasteiger charge is 2.30. The van der Waals surface area contributed by atoms with E-state index >= 15 is 0 Å². The van der Waals surface area contributed by atoms with Crippen LogP contribution >= 0.6 is 11.3 Å². The van der Waals surface area contributed by atoms with Crippen LogP contribution in [0.1, 0.15) is 28.9 Å². The Morgan fingerprint density at radius 2 is 1.96 bits per heavy atom. The van der Waals surface area contributed by atoms with Crippen molar-refractivity contribution in [3.05, 3.63) is 47.1 Å². The van der Waals surface area contributed by atoms with Gasteiger partial charge in [-0.05, 0) is 25.0 Å². The van der Waals surface area contributed by atoms with Gasteiger partial charge >= 0.3 is 6.18 Å². The van der Waals surface area contributed by atoms with Gasteiger partial charge in [0.15, 0.2) is 4.96 Å². The quantitative estimate of drug-likeness (QED) is 0.678. The first-order valence-electron chi connectivity index (χ1n) is 7.87. The van der Waals surface area contributed by atoms with E-state index in [2.05, 4.69) is 4.98 Å². The lowest BCUT2D eigenvalue weighted by atomic mass is 10.1. The predicted molar refractivity (Wildman–Crippen MR) is 88.6 cm³/mol. The minimum Gasteiger partial charge on any atom is -0.337 e. The van der Waals surface area contributed by atoms with Gasteiger partial charge in [0.2, 0.25) is 0 Å². The normalized spacial score (nSPS) is 15.2. The summed E-state index contributed by atoms with van der Waals surface area (Å²) < 4.78 is 40.4. The molecule has 130 valence electrons. The molecule has 0 radical (unpaired) electrons. The second kappa shape index (κ2) is 5.87. The van der Waals surface area contributed by atoms with Crippen LogP contribution in [0.25, 0.3) is 16.2 Å². The molecule has 0 atom stereocenters. The molecule has 4 rings (SSSR count). The van der Waals surface area contributed by atoms with Gasteiger partial charge in [-0.2, -0.15) is 13.2 Å². The third-order valence-electron chi connectivity index (χ3n) is 4.31. The number of carbonyl (C=O) groups excluding carboxylic acids is 1. The van der Waals surface area contributed by atoms with Crippen LogP contribution in [0.2, 0.25) is 0 Å². The van der Waals surface area contributed by atoms with Crippen molar-refractivity contribution in [3.8, 4) is 11.3 Å². The monoisotopic (exact) mass is 365 g/mol. The number of thiazole rings is 1. The van der Waals surface area contributed by atoms with E-state index in [1.54, 1.807) is 26.9 Å². The molecule has 0 bridgehead atoms. The number of hydrogen-bond acceptors (Lipinski definition) is 3. The molecule has 0 saturated carbocycles. The molecule has 0 aliphatic carbocycles. The predicted octanol–water partition coefficient (Wildman–Crippen LogP) is 4.32. The lowest BCUT2D eigenvalue weighted by Crippen LogP contribution is -2.28. The third-order valence-corrected chi connectivity index (χ3v) is 5.15. The summed E-state index contributed by atoms with van der Waals surface area (Å²) in [5, 5.41) is 1.75. The number of amides is 1. The highest BCUT2D eigenvalue weighted by atomic mass is 32.1. The first-order chi connectivity index (χ1) is 11.9. The summed E-state index contributed by atoms with van der Waals surface area (Å²) in [6.45, 7) is 1.48. The van der Waals surface area contributed by atoms with Crippen molar-refractivity contribution in [1.29, 1.82) is 0 Å². The van der Waals surface area contributed by atoms with E-state index < -0.39 is 11.7 Å². The molecule has 1 aromatic carbocycles. The Balaban J connectivity index is 1.72. The van der Waals surface area contributed by atoms with Crippen molar-refractivity contribution in [3.63, 3.8) is 0 Å². The summed E-state index contributed by atoms with van der Waals surface area (Å²) in [6.07, 6.45) is -0.772. The Morgan fingerprint density at radius 3 is 2.68 bits per heavy atom. The first-order valence-corrected chi connectivity index (χ1v) is 8.75. The lowest BCUT2D eigenvalue weighted by molar-refractivity contribution is -0.137. The molecule has 3 aromatic rings. The molecule has 0 unspecified atom stereocenters. The van der Waals surface area contributed by atoms with E-state index in [-0.39, 0.29) is 5.91 Å². The summed E-state index contributed by atoms with van der Waals surface area (Å²) in [5.74, 6) is -0.0586. The van der Waals surface area contributed by atoms with E-state index in [0.29, 0.717) is 21.9 Å². The van der Waals surface area contributed by atoms with E-state index in [0.717, 1.165) is 38.1 Å². The van der Waals surface area contributed by atoms with Crippen molar-refractivity contribution in [2.45, 2.75) is 19.0 Å². The fourth-order valence-electron chi connectivity index (χ4n) is 3.01. The molecule has 2 aromatic heterocycles. The number of benzene rings is 1. The number of aromatic nitrogens is 2. The van der Waals surface area contributed by atoms with Gasteiger partial charge in [0.05, 0.1) is 11.3 Å². The second-order valence-electron chi connectivity index (χ2n) is 5.98. The van der Waals surface area contributed by atoms with Gasteiger partial charge in [0, 0.05) is 30.2 Å². The molecule has 1 aliphatic heterocycles.